The Morgan fingerprint density at radius 1 is 0.537 bits per heavy atom. The van der Waals surface area contributed by atoms with Crippen LogP contribution in [0.15, 0.2) is 0 Å². The van der Waals surface area contributed by atoms with Gasteiger partial charge in [-0.3, -0.25) is 14.4 Å². The minimum Gasteiger partial charge on any atom is -0.481 e. The average Bonchev–Trinajstić information content (AvgIpc) is 2.91. The van der Waals surface area contributed by atoms with E-state index in [2.05, 4.69) is 10.6 Å². The molecular weight excluding hydrogens is 536 g/mol. The molecule has 0 aromatic heterocycles. The number of aliphatic carboxylic acids is 3. The van der Waals surface area contributed by atoms with E-state index in [4.69, 9.17) is 19.7 Å². The molecule has 2 amide bonds. The summed E-state index contributed by atoms with van der Waals surface area (Å²) in [6.07, 6.45) is 15.7. The average molecular weight is 589 g/mol. The SMILES string of the molecule is O=C(O)CCCCCCCCCCCCCCCCC(=O)N[C@@H](CCC(=O)NCCOCCOCC(=O)O)C(=O)O. The van der Waals surface area contributed by atoms with Crippen LogP contribution in [0.1, 0.15) is 116 Å². The van der Waals surface area contributed by atoms with E-state index >= 15 is 0 Å². The molecule has 0 rings (SSSR count). The van der Waals surface area contributed by atoms with Gasteiger partial charge in [0.2, 0.25) is 11.8 Å². The second kappa shape index (κ2) is 27.4. The molecule has 1 atom stereocenters. The van der Waals surface area contributed by atoms with Gasteiger partial charge in [-0.1, -0.05) is 77.0 Å². The molecule has 0 aliphatic rings. The lowest BCUT2D eigenvalue weighted by Crippen LogP contribution is -2.41. The quantitative estimate of drug-likeness (QED) is 0.0770. The van der Waals surface area contributed by atoms with Crippen molar-refractivity contribution in [1.82, 2.24) is 10.6 Å². The standard InChI is InChI=1S/C29H52N2O10/c32-25(30-19-20-40-21-22-41-23-28(36)37)18-17-24(29(38)39)31-26(33)15-13-11-9-7-5-3-1-2-4-6-8-10-12-14-16-27(34)35/h24H,1-23H2,(H,30,32)(H,31,33)(H,34,35)(H,36,37)(H,38,39)/t24-/m0/s1. The third kappa shape index (κ3) is 28.6. The summed E-state index contributed by atoms with van der Waals surface area (Å²) in [6.45, 7) is 0.355. The highest BCUT2D eigenvalue weighted by Crippen LogP contribution is 2.14. The van der Waals surface area contributed by atoms with Crippen LogP contribution in [-0.4, -0.2) is 84.1 Å². The summed E-state index contributed by atoms with van der Waals surface area (Å²) in [4.78, 5) is 56.3. The molecule has 238 valence electrons. The number of hydrogen-bond acceptors (Lipinski definition) is 7. The largest absolute Gasteiger partial charge is 0.481 e. The van der Waals surface area contributed by atoms with E-state index in [-0.39, 0.29) is 63.9 Å². The Morgan fingerprint density at radius 2 is 1.02 bits per heavy atom. The highest BCUT2D eigenvalue weighted by molar-refractivity contribution is 5.84. The van der Waals surface area contributed by atoms with Crippen molar-refractivity contribution in [2.75, 3.05) is 33.0 Å². The van der Waals surface area contributed by atoms with Gasteiger partial charge in [0.25, 0.3) is 0 Å². The molecule has 0 aromatic rings. The number of carbonyl (C=O) groups excluding carboxylic acids is 2. The highest BCUT2D eigenvalue weighted by Gasteiger charge is 2.20. The van der Waals surface area contributed by atoms with Crippen LogP contribution in [0.4, 0.5) is 0 Å². The second-order valence-electron chi connectivity index (χ2n) is 10.2. The third-order valence-electron chi connectivity index (χ3n) is 6.50. The molecule has 0 aromatic carbocycles. The van der Waals surface area contributed by atoms with Gasteiger partial charge < -0.3 is 35.4 Å². The predicted octanol–water partition coefficient (Wildman–Crippen LogP) is 3.90. The Balaban J connectivity index is 3.66. The van der Waals surface area contributed by atoms with Crippen molar-refractivity contribution in [2.24, 2.45) is 0 Å². The lowest BCUT2D eigenvalue weighted by Gasteiger charge is -2.14. The maximum atomic E-state index is 12.2. The Labute approximate surface area is 243 Å². The minimum atomic E-state index is -1.17. The summed E-state index contributed by atoms with van der Waals surface area (Å²) in [5.74, 6) is -3.61. The first-order valence-corrected chi connectivity index (χ1v) is 15.1. The Bertz CT molecular complexity index is 732. The predicted molar refractivity (Wildman–Crippen MR) is 153 cm³/mol. The fraction of sp³-hybridized carbons (Fsp3) is 0.828. The van der Waals surface area contributed by atoms with E-state index in [0.717, 1.165) is 38.5 Å². The van der Waals surface area contributed by atoms with Gasteiger partial charge >= 0.3 is 17.9 Å². The van der Waals surface area contributed by atoms with Crippen molar-refractivity contribution in [2.45, 2.75) is 122 Å². The Hall–Kier alpha value is -2.73. The molecule has 41 heavy (non-hydrogen) atoms. The first kappa shape index (κ1) is 38.3. The van der Waals surface area contributed by atoms with Crippen LogP contribution in [0.25, 0.3) is 0 Å². The summed E-state index contributed by atoms with van der Waals surface area (Å²) in [5.41, 5.74) is 0. The molecule has 0 saturated heterocycles. The minimum absolute atomic E-state index is 0.0103. The van der Waals surface area contributed by atoms with Gasteiger partial charge in [-0.2, -0.15) is 0 Å². The van der Waals surface area contributed by atoms with E-state index in [0.29, 0.717) is 6.42 Å². The van der Waals surface area contributed by atoms with Crippen LogP contribution >= 0.6 is 0 Å². The molecule has 0 unspecified atom stereocenters. The number of carboxylic acids is 3. The first-order valence-electron chi connectivity index (χ1n) is 15.1. The summed E-state index contributed by atoms with van der Waals surface area (Å²) in [6, 6.07) is -1.12. The van der Waals surface area contributed by atoms with Gasteiger partial charge in [0.05, 0.1) is 19.8 Å². The molecular formula is C29H52N2O10. The second-order valence-corrected chi connectivity index (χ2v) is 10.2. The van der Waals surface area contributed by atoms with Gasteiger partial charge in [-0.05, 0) is 19.3 Å². The number of rotatable bonds is 30. The van der Waals surface area contributed by atoms with Gasteiger partial charge in [-0.25, -0.2) is 9.59 Å². The van der Waals surface area contributed by atoms with Gasteiger partial charge in [0, 0.05) is 25.8 Å². The zero-order chi connectivity index (χ0) is 30.6. The molecule has 0 radical (unpaired) electrons. The highest BCUT2D eigenvalue weighted by atomic mass is 16.5. The number of nitrogens with one attached hydrogen (secondary N) is 2. The van der Waals surface area contributed by atoms with Crippen molar-refractivity contribution in [3.8, 4) is 0 Å². The van der Waals surface area contributed by atoms with Crippen molar-refractivity contribution < 1.29 is 48.8 Å². The molecule has 12 heteroatoms. The maximum Gasteiger partial charge on any atom is 0.329 e. The van der Waals surface area contributed by atoms with Crippen LogP contribution in [-0.2, 0) is 33.4 Å². The van der Waals surface area contributed by atoms with Gasteiger partial charge in [0.15, 0.2) is 0 Å². The molecule has 0 aliphatic heterocycles. The van der Waals surface area contributed by atoms with Crippen molar-refractivity contribution in [1.29, 1.82) is 0 Å². The fourth-order valence-corrected chi connectivity index (χ4v) is 4.21. The number of amides is 2. The zero-order valence-corrected chi connectivity index (χ0v) is 24.5. The van der Waals surface area contributed by atoms with Crippen LogP contribution in [0.3, 0.4) is 0 Å². The summed E-state index contributed by atoms with van der Waals surface area (Å²) >= 11 is 0. The van der Waals surface area contributed by atoms with Crippen LogP contribution in [0, 0.1) is 0 Å². The lowest BCUT2D eigenvalue weighted by molar-refractivity contribution is -0.143. The lowest BCUT2D eigenvalue weighted by atomic mass is 10.0. The monoisotopic (exact) mass is 588 g/mol. The van der Waals surface area contributed by atoms with Crippen LogP contribution < -0.4 is 10.6 Å². The molecule has 0 saturated carbocycles. The summed E-state index contributed by atoms with van der Waals surface area (Å²) in [5, 5.41) is 31.5. The number of carbonyl (C=O) groups is 5. The number of hydrogen-bond donors (Lipinski definition) is 5. The molecule has 0 spiro atoms. The molecule has 0 heterocycles. The summed E-state index contributed by atoms with van der Waals surface area (Å²) in [7, 11) is 0. The zero-order valence-electron chi connectivity index (χ0n) is 24.5. The summed E-state index contributed by atoms with van der Waals surface area (Å²) < 4.78 is 10.0. The molecule has 12 nitrogen and oxygen atoms in total. The topological polar surface area (TPSA) is 189 Å². The molecule has 0 bridgehead atoms. The van der Waals surface area contributed by atoms with Crippen LogP contribution in [0.5, 0.6) is 0 Å². The van der Waals surface area contributed by atoms with Crippen LogP contribution in [0.2, 0.25) is 0 Å². The Kier molecular flexibility index (Phi) is 25.6. The van der Waals surface area contributed by atoms with Crippen molar-refractivity contribution in [3.05, 3.63) is 0 Å². The Morgan fingerprint density at radius 3 is 1.51 bits per heavy atom. The van der Waals surface area contributed by atoms with E-state index in [1.807, 2.05) is 0 Å². The van der Waals surface area contributed by atoms with Crippen molar-refractivity contribution >= 4 is 29.7 Å². The maximum absolute atomic E-state index is 12.2. The van der Waals surface area contributed by atoms with Gasteiger partial charge in [-0.15, -0.1) is 0 Å². The number of unbranched alkanes of at least 4 members (excludes halogenated alkanes) is 13. The van der Waals surface area contributed by atoms with Gasteiger partial charge in [0.1, 0.15) is 12.6 Å². The van der Waals surface area contributed by atoms with E-state index in [1.54, 1.807) is 0 Å². The number of carboxylic acid groups (broad SMARTS) is 3. The van der Waals surface area contributed by atoms with Crippen molar-refractivity contribution in [3.63, 3.8) is 0 Å². The van der Waals surface area contributed by atoms with E-state index < -0.39 is 30.6 Å². The number of ether oxygens (including phenoxy) is 2. The molecule has 0 aliphatic carbocycles. The van der Waals surface area contributed by atoms with E-state index in [1.165, 1.54) is 44.9 Å². The smallest absolute Gasteiger partial charge is 0.329 e. The third-order valence-corrected chi connectivity index (χ3v) is 6.50. The fourth-order valence-electron chi connectivity index (χ4n) is 4.21. The van der Waals surface area contributed by atoms with E-state index in [9.17, 15) is 29.1 Å². The molecule has 5 N–H and O–H groups in total. The first-order chi connectivity index (χ1) is 19.7. The normalized spacial score (nSPS) is 11.6. The molecule has 0 fully saturated rings.